The number of ketones is 1. The van der Waals surface area contributed by atoms with Crippen molar-refractivity contribution in [2.75, 3.05) is 0 Å². The van der Waals surface area contributed by atoms with Gasteiger partial charge in [0.05, 0.1) is 11.3 Å². The number of benzene rings is 1. The number of carboxylic acid groups (broad SMARTS) is 1. The monoisotopic (exact) mass is 284 g/mol. The Kier molecular flexibility index (Phi) is 3.36. The Hall–Kier alpha value is -1.85. The molecule has 0 saturated heterocycles. The molecule has 18 heavy (non-hydrogen) atoms. The third-order valence-electron chi connectivity index (χ3n) is 2.24. The first-order valence-corrected chi connectivity index (χ1v) is 5.52. The molecule has 0 fully saturated rings. The van der Waals surface area contributed by atoms with Gasteiger partial charge in [-0.05, 0) is 18.2 Å². The molecular formula is C11H6Cl2N2O3. The summed E-state index contributed by atoms with van der Waals surface area (Å²) in [7, 11) is 0. The maximum absolute atomic E-state index is 12.1. The number of nitrogens with zero attached hydrogens (tertiary/aromatic N) is 1. The van der Waals surface area contributed by atoms with Gasteiger partial charge in [0.2, 0.25) is 5.78 Å². The molecule has 1 aromatic carbocycles. The number of hydrogen-bond acceptors (Lipinski definition) is 3. The normalized spacial score (nSPS) is 10.3. The maximum Gasteiger partial charge on any atom is 0.354 e. The van der Waals surface area contributed by atoms with E-state index in [4.69, 9.17) is 28.3 Å². The molecule has 0 atom stereocenters. The molecule has 0 aliphatic rings. The first kappa shape index (κ1) is 12.6. The maximum atomic E-state index is 12.1. The molecule has 0 saturated carbocycles. The van der Waals surface area contributed by atoms with E-state index in [1.54, 1.807) is 0 Å². The van der Waals surface area contributed by atoms with E-state index < -0.39 is 11.8 Å². The average Bonchev–Trinajstić information content (AvgIpc) is 2.77. The molecule has 5 nitrogen and oxygen atoms in total. The summed E-state index contributed by atoms with van der Waals surface area (Å²) in [5, 5.41) is 9.42. The quantitative estimate of drug-likeness (QED) is 0.849. The highest BCUT2D eigenvalue weighted by atomic mass is 35.5. The highest BCUT2D eigenvalue weighted by molar-refractivity contribution is 6.37. The predicted molar refractivity (Wildman–Crippen MR) is 65.4 cm³/mol. The zero-order chi connectivity index (χ0) is 13.3. The zero-order valence-corrected chi connectivity index (χ0v) is 10.3. The first-order chi connectivity index (χ1) is 8.50. The molecule has 0 aliphatic carbocycles. The lowest BCUT2D eigenvalue weighted by Gasteiger charge is -2.02. The van der Waals surface area contributed by atoms with Crippen LogP contribution >= 0.6 is 23.2 Å². The van der Waals surface area contributed by atoms with Crippen LogP contribution in [0.4, 0.5) is 0 Å². The molecule has 0 unspecified atom stereocenters. The lowest BCUT2D eigenvalue weighted by molar-refractivity contribution is 0.0687. The highest BCUT2D eigenvalue weighted by Crippen LogP contribution is 2.23. The third-order valence-corrected chi connectivity index (χ3v) is 2.79. The number of carboxylic acids is 1. The molecule has 7 heteroatoms. The van der Waals surface area contributed by atoms with Crippen LogP contribution in [-0.4, -0.2) is 26.8 Å². The van der Waals surface area contributed by atoms with Crippen molar-refractivity contribution < 1.29 is 14.7 Å². The van der Waals surface area contributed by atoms with E-state index in [2.05, 4.69) is 9.97 Å². The van der Waals surface area contributed by atoms with E-state index >= 15 is 0 Å². The fourth-order valence-corrected chi connectivity index (χ4v) is 1.92. The smallest absolute Gasteiger partial charge is 0.354 e. The topological polar surface area (TPSA) is 83.0 Å². The lowest BCUT2D eigenvalue weighted by atomic mass is 10.1. The number of aromatic carboxylic acids is 1. The first-order valence-electron chi connectivity index (χ1n) is 4.77. The molecule has 0 aliphatic heterocycles. The van der Waals surface area contributed by atoms with Gasteiger partial charge in [0.15, 0.2) is 5.69 Å². The van der Waals surface area contributed by atoms with Crippen molar-refractivity contribution in [1.29, 1.82) is 0 Å². The Labute approximate surface area is 111 Å². The lowest BCUT2D eigenvalue weighted by Crippen LogP contribution is -2.10. The molecule has 0 amide bonds. The van der Waals surface area contributed by atoms with E-state index in [0.29, 0.717) is 5.02 Å². The second kappa shape index (κ2) is 4.80. The van der Waals surface area contributed by atoms with Crippen molar-refractivity contribution in [2.24, 2.45) is 0 Å². The summed E-state index contributed by atoms with van der Waals surface area (Å²) < 4.78 is 0. The van der Waals surface area contributed by atoms with Gasteiger partial charge >= 0.3 is 5.97 Å². The standard InChI is InChI=1S/C11H6Cl2N2O3/c12-5-1-2-6(7(13)3-5)10(16)8-9(11(17)18)15-4-14-8/h1-4H,(H,14,15)(H,17,18). The number of aromatic nitrogens is 2. The number of aromatic amines is 1. The molecule has 92 valence electrons. The van der Waals surface area contributed by atoms with Gasteiger partial charge in [-0.15, -0.1) is 0 Å². The van der Waals surface area contributed by atoms with Gasteiger partial charge in [-0.25, -0.2) is 9.78 Å². The molecule has 2 rings (SSSR count). The third kappa shape index (κ3) is 2.23. The van der Waals surface area contributed by atoms with Gasteiger partial charge in [0, 0.05) is 10.6 Å². The number of hydrogen-bond donors (Lipinski definition) is 2. The minimum absolute atomic E-state index is 0.145. The Morgan fingerprint density at radius 3 is 2.61 bits per heavy atom. The second-order valence-corrected chi connectivity index (χ2v) is 4.23. The fourth-order valence-electron chi connectivity index (χ4n) is 1.43. The molecule has 1 aromatic heterocycles. The summed E-state index contributed by atoms with van der Waals surface area (Å²) in [6.07, 6.45) is 1.14. The second-order valence-electron chi connectivity index (χ2n) is 3.38. The number of carbonyl (C=O) groups excluding carboxylic acids is 1. The van der Waals surface area contributed by atoms with Crippen LogP contribution in [-0.2, 0) is 0 Å². The van der Waals surface area contributed by atoms with Crippen molar-refractivity contribution >= 4 is 35.0 Å². The summed E-state index contributed by atoms with van der Waals surface area (Å²) in [6, 6.07) is 4.32. The Bertz CT molecular complexity index is 637. The minimum Gasteiger partial charge on any atom is -0.477 e. The summed E-state index contributed by atoms with van der Waals surface area (Å²) in [4.78, 5) is 29.1. The van der Waals surface area contributed by atoms with Crippen molar-refractivity contribution in [2.45, 2.75) is 0 Å². The zero-order valence-electron chi connectivity index (χ0n) is 8.78. The van der Waals surface area contributed by atoms with Crippen LogP contribution in [0.1, 0.15) is 26.5 Å². The van der Waals surface area contributed by atoms with Gasteiger partial charge in [-0.2, -0.15) is 0 Å². The molecular weight excluding hydrogens is 279 g/mol. The molecule has 0 bridgehead atoms. The van der Waals surface area contributed by atoms with E-state index in [1.165, 1.54) is 18.2 Å². The van der Waals surface area contributed by atoms with Crippen molar-refractivity contribution in [3.8, 4) is 0 Å². The van der Waals surface area contributed by atoms with Crippen molar-refractivity contribution in [3.63, 3.8) is 0 Å². The van der Waals surface area contributed by atoms with Crippen LogP contribution in [0.5, 0.6) is 0 Å². The SMILES string of the molecule is O=C(c1ccc(Cl)cc1Cl)c1nc[nH]c1C(=O)O. The van der Waals surface area contributed by atoms with Crippen molar-refractivity contribution in [3.05, 3.63) is 51.5 Å². The Morgan fingerprint density at radius 2 is 2.00 bits per heavy atom. The van der Waals surface area contributed by atoms with Gasteiger partial charge < -0.3 is 10.1 Å². The number of H-pyrrole nitrogens is 1. The van der Waals surface area contributed by atoms with E-state index in [9.17, 15) is 9.59 Å². The molecule has 0 radical (unpaired) electrons. The fraction of sp³-hybridized carbons (Fsp3) is 0. The molecule has 2 aromatic rings. The van der Waals surface area contributed by atoms with Crippen molar-refractivity contribution in [1.82, 2.24) is 9.97 Å². The summed E-state index contributed by atoms with van der Waals surface area (Å²) in [5.41, 5.74) is -0.312. The number of rotatable bonds is 3. The van der Waals surface area contributed by atoms with Gasteiger partial charge in [-0.3, -0.25) is 4.79 Å². The number of carbonyl (C=O) groups is 2. The van der Waals surface area contributed by atoms with Crippen LogP contribution in [0.25, 0.3) is 0 Å². The summed E-state index contributed by atoms with van der Waals surface area (Å²) >= 11 is 11.6. The summed E-state index contributed by atoms with van der Waals surface area (Å²) in [5.74, 6) is -1.84. The van der Waals surface area contributed by atoms with Crippen LogP contribution < -0.4 is 0 Å². The minimum atomic E-state index is -1.26. The van der Waals surface area contributed by atoms with E-state index in [-0.39, 0.29) is 22.0 Å². The molecule has 0 spiro atoms. The predicted octanol–water partition coefficient (Wildman–Crippen LogP) is 2.65. The van der Waals surface area contributed by atoms with Crippen LogP contribution in [0.2, 0.25) is 10.0 Å². The number of halogens is 2. The largest absolute Gasteiger partial charge is 0.477 e. The number of imidazole rings is 1. The number of nitrogens with one attached hydrogen (secondary N) is 1. The van der Waals surface area contributed by atoms with Gasteiger partial charge in [0.25, 0.3) is 0 Å². The Balaban J connectivity index is 2.48. The van der Waals surface area contributed by atoms with Crippen LogP contribution in [0, 0.1) is 0 Å². The Morgan fingerprint density at radius 1 is 1.28 bits per heavy atom. The molecule has 1 heterocycles. The average molecular weight is 285 g/mol. The van der Waals surface area contributed by atoms with E-state index in [0.717, 1.165) is 6.33 Å². The molecule has 2 N–H and O–H groups in total. The van der Waals surface area contributed by atoms with Gasteiger partial charge in [-0.1, -0.05) is 23.2 Å². The van der Waals surface area contributed by atoms with Gasteiger partial charge in [0.1, 0.15) is 5.69 Å². The van der Waals surface area contributed by atoms with Crippen LogP contribution in [0.3, 0.4) is 0 Å². The highest BCUT2D eigenvalue weighted by Gasteiger charge is 2.22. The van der Waals surface area contributed by atoms with E-state index in [1.807, 2.05) is 0 Å². The van der Waals surface area contributed by atoms with Crippen LogP contribution in [0.15, 0.2) is 24.5 Å². The summed E-state index contributed by atoms with van der Waals surface area (Å²) in [6.45, 7) is 0.